The van der Waals surface area contributed by atoms with Crippen LogP contribution in [0.3, 0.4) is 0 Å². The summed E-state index contributed by atoms with van der Waals surface area (Å²) in [6.07, 6.45) is 5.67. The van der Waals surface area contributed by atoms with Gasteiger partial charge in [0.25, 0.3) is 11.8 Å². The highest BCUT2D eigenvalue weighted by Crippen LogP contribution is 2.50. The Morgan fingerprint density at radius 1 is 1.17 bits per heavy atom. The minimum absolute atomic E-state index is 0.00467. The van der Waals surface area contributed by atoms with Gasteiger partial charge in [0.15, 0.2) is 0 Å². The molecular weight excluding hydrogens is 557 g/mol. The molecule has 2 aromatic rings. The van der Waals surface area contributed by atoms with Crippen LogP contribution in [-0.2, 0) is 9.59 Å². The van der Waals surface area contributed by atoms with Crippen molar-refractivity contribution >= 4 is 35.1 Å². The van der Waals surface area contributed by atoms with Crippen LogP contribution in [0.15, 0.2) is 47.5 Å². The van der Waals surface area contributed by atoms with Crippen molar-refractivity contribution in [3.8, 4) is 0 Å². The lowest BCUT2D eigenvalue weighted by atomic mass is 9.69. The number of amides is 2. The molecule has 1 aliphatic carbocycles. The largest absolute Gasteiger partial charge is 0.481 e. The van der Waals surface area contributed by atoms with Crippen LogP contribution in [-0.4, -0.2) is 45.7 Å². The molecule has 1 spiro atoms. The Morgan fingerprint density at radius 3 is 2.40 bits per heavy atom. The fourth-order valence-electron chi connectivity index (χ4n) is 6.26. The van der Waals surface area contributed by atoms with Gasteiger partial charge in [0.2, 0.25) is 0 Å². The van der Waals surface area contributed by atoms with Gasteiger partial charge >= 0.3 is 5.97 Å². The molecule has 0 aromatic heterocycles. The molecule has 0 unspecified atom stereocenters. The monoisotopic (exact) mass is 597 g/mol. The molecule has 42 heavy (non-hydrogen) atoms. The van der Waals surface area contributed by atoms with E-state index in [-0.39, 0.29) is 47.0 Å². The number of carbonyl (C=O) groups is 3. The van der Waals surface area contributed by atoms with E-state index >= 15 is 0 Å². The Labute approximate surface area is 252 Å². The molecule has 1 heterocycles. The quantitative estimate of drug-likeness (QED) is 0.303. The zero-order valence-corrected chi connectivity index (χ0v) is 25.6. The predicted molar refractivity (Wildman–Crippen MR) is 162 cm³/mol. The standard InChI is InChI=1S/C33H41ClFN3O4/c1-5-6-7-27(21-8-10-22(11-9-21)30(41)36-19-16-28(39)40)38-31(42)29(23-12-13-25(34)26(35)20-23)37-33(38)17-14-24(15-18-33)32(2,3)4/h8-13,20,24,27H,5-7,14-19H2,1-4H3,(H,36,41)(H,39,40)/t24?,27-,33?/m1/s1. The summed E-state index contributed by atoms with van der Waals surface area (Å²) < 4.78 is 14.5. The van der Waals surface area contributed by atoms with E-state index in [0.29, 0.717) is 36.3 Å². The number of halogens is 2. The summed E-state index contributed by atoms with van der Waals surface area (Å²) >= 11 is 5.95. The molecule has 2 N–H and O–H groups in total. The second-order valence-corrected chi connectivity index (χ2v) is 13.0. The first-order valence-corrected chi connectivity index (χ1v) is 15.2. The van der Waals surface area contributed by atoms with Crippen LogP contribution in [0.5, 0.6) is 0 Å². The minimum atomic E-state index is -0.979. The number of nitrogens with one attached hydrogen (secondary N) is 1. The third-order valence-corrected chi connectivity index (χ3v) is 9.03. The van der Waals surface area contributed by atoms with Gasteiger partial charge in [0.05, 0.1) is 17.5 Å². The molecule has 2 aliphatic rings. The summed E-state index contributed by atoms with van der Waals surface area (Å²) in [6, 6.07) is 11.3. The van der Waals surface area contributed by atoms with E-state index in [9.17, 15) is 18.8 Å². The Hall–Kier alpha value is -3.26. The van der Waals surface area contributed by atoms with E-state index in [4.69, 9.17) is 21.7 Å². The van der Waals surface area contributed by atoms with Crippen molar-refractivity contribution in [2.45, 2.75) is 90.8 Å². The maximum absolute atomic E-state index is 14.5. The second-order valence-electron chi connectivity index (χ2n) is 12.6. The summed E-state index contributed by atoms with van der Waals surface area (Å²) in [5, 5.41) is 11.5. The lowest BCUT2D eigenvalue weighted by Crippen LogP contribution is -2.51. The second kappa shape index (κ2) is 12.9. The van der Waals surface area contributed by atoms with Gasteiger partial charge in [-0.05, 0) is 73.3 Å². The fraction of sp³-hybridized carbons (Fsp3) is 0.515. The van der Waals surface area contributed by atoms with Crippen LogP contribution in [0.25, 0.3) is 0 Å². The molecule has 0 radical (unpaired) electrons. The van der Waals surface area contributed by atoms with Crippen molar-refractivity contribution in [3.05, 3.63) is 70.0 Å². The summed E-state index contributed by atoms with van der Waals surface area (Å²) in [5.41, 5.74) is 1.40. The molecule has 0 saturated heterocycles. The van der Waals surface area contributed by atoms with E-state index < -0.39 is 17.4 Å². The van der Waals surface area contributed by atoms with E-state index in [1.165, 1.54) is 12.1 Å². The SMILES string of the molecule is CCCC[C@H](c1ccc(C(=O)NCCC(=O)O)cc1)N1C(=O)C(c2ccc(Cl)c(F)c2)=NC12CCC(C(C)(C)C)CC2. The smallest absolute Gasteiger partial charge is 0.305 e. The summed E-state index contributed by atoms with van der Waals surface area (Å²) in [6.45, 7) is 8.91. The van der Waals surface area contributed by atoms with E-state index in [1.807, 2.05) is 17.0 Å². The average Bonchev–Trinajstić information content (AvgIpc) is 3.21. The zero-order valence-electron chi connectivity index (χ0n) is 24.9. The van der Waals surface area contributed by atoms with Gasteiger partial charge in [-0.1, -0.05) is 70.3 Å². The first-order chi connectivity index (χ1) is 19.9. The summed E-state index contributed by atoms with van der Waals surface area (Å²) in [5.74, 6) is -1.64. The number of carbonyl (C=O) groups excluding carboxylic acids is 2. The van der Waals surface area contributed by atoms with Crippen LogP contribution in [0.2, 0.25) is 5.02 Å². The molecule has 4 rings (SSSR count). The van der Waals surface area contributed by atoms with Crippen molar-refractivity contribution in [3.63, 3.8) is 0 Å². The number of hydrogen-bond donors (Lipinski definition) is 2. The molecule has 9 heteroatoms. The lowest BCUT2D eigenvalue weighted by molar-refractivity contribution is -0.137. The van der Waals surface area contributed by atoms with E-state index in [1.54, 1.807) is 18.2 Å². The van der Waals surface area contributed by atoms with E-state index in [0.717, 1.165) is 31.2 Å². The normalized spacial score (nSPS) is 21.4. The maximum Gasteiger partial charge on any atom is 0.305 e. The predicted octanol–water partition coefficient (Wildman–Crippen LogP) is 7.18. The van der Waals surface area contributed by atoms with Crippen LogP contribution in [0, 0.1) is 17.2 Å². The molecule has 2 amide bonds. The number of benzene rings is 2. The highest BCUT2D eigenvalue weighted by Gasteiger charge is 2.52. The van der Waals surface area contributed by atoms with Crippen molar-refractivity contribution in [1.82, 2.24) is 10.2 Å². The minimum Gasteiger partial charge on any atom is -0.481 e. The van der Waals surface area contributed by atoms with Crippen LogP contribution in [0.4, 0.5) is 4.39 Å². The van der Waals surface area contributed by atoms with Crippen LogP contribution in [0.1, 0.15) is 107 Å². The zero-order chi connectivity index (χ0) is 30.7. The Bertz CT molecular complexity index is 1340. The van der Waals surface area contributed by atoms with Crippen molar-refractivity contribution in [1.29, 1.82) is 0 Å². The third kappa shape index (κ3) is 6.86. The van der Waals surface area contributed by atoms with Gasteiger partial charge in [0.1, 0.15) is 17.2 Å². The third-order valence-electron chi connectivity index (χ3n) is 8.72. The van der Waals surface area contributed by atoms with Crippen molar-refractivity contribution < 1.29 is 23.9 Å². The number of aliphatic carboxylic acids is 1. The van der Waals surface area contributed by atoms with Gasteiger partial charge < -0.3 is 15.3 Å². The summed E-state index contributed by atoms with van der Waals surface area (Å²) in [4.78, 5) is 44.7. The highest BCUT2D eigenvalue weighted by molar-refractivity contribution is 6.47. The number of unbranched alkanes of at least 4 members (excludes halogenated alkanes) is 1. The topological polar surface area (TPSA) is 99.1 Å². The van der Waals surface area contributed by atoms with E-state index in [2.05, 4.69) is 33.0 Å². The Morgan fingerprint density at radius 2 is 1.83 bits per heavy atom. The summed E-state index contributed by atoms with van der Waals surface area (Å²) in [7, 11) is 0. The number of hydrogen-bond acceptors (Lipinski definition) is 4. The first-order valence-electron chi connectivity index (χ1n) is 14.8. The van der Waals surface area contributed by atoms with Crippen molar-refractivity contribution in [2.75, 3.05) is 6.54 Å². The molecular formula is C33H41ClFN3O4. The number of nitrogens with zero attached hydrogens (tertiary/aromatic N) is 2. The van der Waals surface area contributed by atoms with Crippen LogP contribution < -0.4 is 5.32 Å². The first kappa shape index (κ1) is 31.7. The molecule has 1 aliphatic heterocycles. The van der Waals surface area contributed by atoms with Gasteiger partial charge in [-0.3, -0.25) is 19.4 Å². The molecule has 2 aromatic carbocycles. The Kier molecular flexibility index (Phi) is 9.76. The van der Waals surface area contributed by atoms with Gasteiger partial charge in [-0.15, -0.1) is 0 Å². The number of carboxylic acids is 1. The van der Waals surface area contributed by atoms with Crippen LogP contribution >= 0.6 is 11.6 Å². The van der Waals surface area contributed by atoms with Gasteiger partial charge in [-0.2, -0.15) is 0 Å². The highest BCUT2D eigenvalue weighted by atomic mass is 35.5. The molecule has 0 bridgehead atoms. The van der Waals surface area contributed by atoms with Gasteiger partial charge in [-0.25, -0.2) is 4.39 Å². The average molecular weight is 598 g/mol. The number of carboxylic acid groups (broad SMARTS) is 1. The Balaban J connectivity index is 1.70. The molecule has 1 saturated carbocycles. The van der Waals surface area contributed by atoms with Gasteiger partial charge in [0, 0.05) is 17.7 Å². The molecule has 1 fully saturated rings. The van der Waals surface area contributed by atoms with Crippen molar-refractivity contribution in [2.24, 2.45) is 16.3 Å². The molecule has 7 nitrogen and oxygen atoms in total. The molecule has 1 atom stereocenters. The fourth-order valence-corrected chi connectivity index (χ4v) is 6.38. The lowest BCUT2D eigenvalue weighted by Gasteiger charge is -2.47. The maximum atomic E-state index is 14.5. The number of rotatable bonds is 10. The number of aliphatic imine (C=N–C) groups is 1. The molecule has 226 valence electrons.